The van der Waals surface area contributed by atoms with Gasteiger partial charge in [0.15, 0.2) is 16.7 Å². The van der Waals surface area contributed by atoms with Gasteiger partial charge in [-0.15, -0.1) is 0 Å². The summed E-state index contributed by atoms with van der Waals surface area (Å²) in [6.45, 7) is 2.67. The van der Waals surface area contributed by atoms with Gasteiger partial charge in [-0.05, 0) is 12.1 Å². The van der Waals surface area contributed by atoms with Crippen LogP contribution in [0.1, 0.15) is 6.42 Å². The van der Waals surface area contributed by atoms with E-state index in [1.165, 1.54) is 18.9 Å². The van der Waals surface area contributed by atoms with Crippen molar-refractivity contribution in [3.8, 4) is 11.5 Å². The van der Waals surface area contributed by atoms with Gasteiger partial charge in [0.25, 0.3) is 5.91 Å². The molecule has 1 fully saturated rings. The van der Waals surface area contributed by atoms with Crippen molar-refractivity contribution in [3.05, 3.63) is 18.2 Å². The van der Waals surface area contributed by atoms with Crippen LogP contribution in [-0.4, -0.2) is 67.7 Å². The topological polar surface area (TPSA) is 89.5 Å². The molecule has 0 saturated carbocycles. The van der Waals surface area contributed by atoms with Crippen LogP contribution in [0.4, 0.5) is 5.69 Å². The van der Waals surface area contributed by atoms with E-state index in [2.05, 4.69) is 10.3 Å². The summed E-state index contributed by atoms with van der Waals surface area (Å²) in [7, 11) is 3.08. The predicted molar refractivity (Wildman–Crippen MR) is 99.0 cm³/mol. The van der Waals surface area contributed by atoms with E-state index in [0.29, 0.717) is 48.7 Å². The quantitative estimate of drug-likeness (QED) is 0.826. The third-order valence-electron chi connectivity index (χ3n) is 4.05. The van der Waals surface area contributed by atoms with Gasteiger partial charge < -0.3 is 24.4 Å². The van der Waals surface area contributed by atoms with Gasteiger partial charge in [0.2, 0.25) is 5.91 Å². The van der Waals surface area contributed by atoms with E-state index in [4.69, 9.17) is 14.2 Å². The lowest BCUT2D eigenvalue weighted by atomic mass is 10.2. The molecule has 1 saturated heterocycles. The summed E-state index contributed by atoms with van der Waals surface area (Å²) in [6.07, 6.45) is 0.0647. The summed E-state index contributed by atoms with van der Waals surface area (Å²) in [5.74, 6) is 0.589. The number of methoxy groups -OCH3 is 2. The van der Waals surface area contributed by atoms with Gasteiger partial charge in [-0.1, -0.05) is 11.8 Å². The lowest BCUT2D eigenvalue weighted by Crippen LogP contribution is -2.39. The Morgan fingerprint density at radius 2 is 2.04 bits per heavy atom. The number of benzene rings is 1. The fourth-order valence-electron chi connectivity index (χ4n) is 2.69. The first-order valence-corrected chi connectivity index (χ1v) is 9.12. The molecule has 26 heavy (non-hydrogen) atoms. The lowest BCUT2D eigenvalue weighted by molar-refractivity contribution is -0.121. The van der Waals surface area contributed by atoms with Crippen molar-refractivity contribution in [2.75, 3.05) is 45.8 Å². The van der Waals surface area contributed by atoms with Crippen LogP contribution in [0.2, 0.25) is 0 Å². The van der Waals surface area contributed by atoms with Crippen molar-refractivity contribution < 1.29 is 23.8 Å². The molecule has 0 bridgehead atoms. The normalized spacial score (nSPS) is 19.9. The number of ether oxygens (including phenoxy) is 3. The van der Waals surface area contributed by atoms with Crippen LogP contribution in [0.15, 0.2) is 23.2 Å². The Labute approximate surface area is 155 Å². The summed E-state index contributed by atoms with van der Waals surface area (Å²) in [4.78, 5) is 30.6. The van der Waals surface area contributed by atoms with Gasteiger partial charge in [0.1, 0.15) is 5.25 Å². The highest BCUT2D eigenvalue weighted by Crippen LogP contribution is 2.31. The van der Waals surface area contributed by atoms with Crippen LogP contribution in [0.3, 0.4) is 0 Å². The molecule has 0 spiro atoms. The minimum Gasteiger partial charge on any atom is -0.493 e. The molecular formula is C17H21N3O5S. The Hall–Kier alpha value is -2.26. The number of hydrogen-bond donors (Lipinski definition) is 1. The lowest BCUT2D eigenvalue weighted by Gasteiger charge is -2.27. The fraction of sp³-hybridized carbons (Fsp3) is 0.471. The van der Waals surface area contributed by atoms with Gasteiger partial charge in [0, 0.05) is 31.3 Å². The maximum Gasteiger partial charge on any atom is 0.262 e. The monoisotopic (exact) mass is 379 g/mol. The number of morpholine rings is 1. The molecule has 0 unspecified atom stereocenters. The average Bonchev–Trinajstić information content (AvgIpc) is 3.02. The zero-order valence-corrected chi connectivity index (χ0v) is 15.5. The first kappa shape index (κ1) is 18.5. The van der Waals surface area contributed by atoms with Gasteiger partial charge in [-0.25, -0.2) is 0 Å². The van der Waals surface area contributed by atoms with E-state index >= 15 is 0 Å². The number of carbonyl (C=O) groups excluding carboxylic acids is 2. The minimum absolute atomic E-state index is 0.0647. The SMILES string of the molecule is COc1ccc(NC(=O)C[C@@H]2SC(N3CCOCC3)=NC2=O)cc1OC. The van der Waals surface area contributed by atoms with Crippen molar-refractivity contribution in [3.63, 3.8) is 0 Å². The standard InChI is InChI=1S/C17H21N3O5S/c1-23-12-4-3-11(9-13(12)24-2)18-15(21)10-14-16(22)19-17(26-14)20-5-7-25-8-6-20/h3-4,9,14H,5-8,10H2,1-2H3,(H,18,21)/t14-/m0/s1. The molecule has 3 rings (SSSR count). The molecule has 2 aliphatic heterocycles. The molecule has 0 radical (unpaired) electrons. The second-order valence-corrected chi connectivity index (χ2v) is 6.93. The number of rotatable bonds is 5. The molecule has 1 aromatic carbocycles. The molecule has 1 atom stereocenters. The van der Waals surface area contributed by atoms with Crippen LogP contribution in [0, 0.1) is 0 Å². The third-order valence-corrected chi connectivity index (χ3v) is 5.26. The molecule has 2 heterocycles. The molecule has 1 N–H and O–H groups in total. The maximum absolute atomic E-state index is 12.3. The van der Waals surface area contributed by atoms with Crippen LogP contribution >= 0.6 is 11.8 Å². The number of thioether (sulfide) groups is 1. The Balaban J connectivity index is 1.56. The van der Waals surface area contributed by atoms with Crippen molar-refractivity contribution in [1.29, 1.82) is 0 Å². The number of nitrogens with one attached hydrogen (secondary N) is 1. The van der Waals surface area contributed by atoms with E-state index in [1.54, 1.807) is 25.3 Å². The molecule has 2 aliphatic rings. The number of amidine groups is 1. The second kappa shape index (κ2) is 8.41. The molecule has 0 aliphatic carbocycles. The summed E-state index contributed by atoms with van der Waals surface area (Å²) in [6, 6.07) is 5.11. The molecule has 9 heteroatoms. The summed E-state index contributed by atoms with van der Waals surface area (Å²) >= 11 is 1.34. The number of anilines is 1. The van der Waals surface area contributed by atoms with E-state index in [1.807, 2.05) is 4.90 Å². The predicted octanol–water partition coefficient (Wildman–Crippen LogP) is 1.36. The Bertz CT molecular complexity index is 718. The van der Waals surface area contributed by atoms with Crippen molar-refractivity contribution >= 4 is 34.4 Å². The van der Waals surface area contributed by atoms with Crippen molar-refractivity contribution in [1.82, 2.24) is 4.90 Å². The van der Waals surface area contributed by atoms with Crippen LogP contribution in [0.5, 0.6) is 11.5 Å². The fourth-order valence-corrected chi connectivity index (χ4v) is 3.81. The largest absolute Gasteiger partial charge is 0.493 e. The number of nitrogens with zero attached hydrogens (tertiary/aromatic N) is 2. The zero-order chi connectivity index (χ0) is 18.5. The Kier molecular flexibility index (Phi) is 6.00. The van der Waals surface area contributed by atoms with Gasteiger partial charge >= 0.3 is 0 Å². The van der Waals surface area contributed by atoms with Gasteiger partial charge in [-0.2, -0.15) is 4.99 Å². The number of amides is 2. The van der Waals surface area contributed by atoms with Gasteiger partial charge in [0.05, 0.1) is 27.4 Å². The van der Waals surface area contributed by atoms with Crippen molar-refractivity contribution in [2.45, 2.75) is 11.7 Å². The summed E-state index contributed by atoms with van der Waals surface area (Å²) < 4.78 is 15.7. The first-order chi connectivity index (χ1) is 12.6. The number of carbonyl (C=O) groups is 2. The van der Waals surface area contributed by atoms with E-state index in [-0.39, 0.29) is 18.2 Å². The minimum atomic E-state index is -0.493. The second-order valence-electron chi connectivity index (χ2n) is 5.76. The first-order valence-electron chi connectivity index (χ1n) is 8.24. The Morgan fingerprint density at radius 3 is 2.73 bits per heavy atom. The van der Waals surface area contributed by atoms with Gasteiger partial charge in [-0.3, -0.25) is 9.59 Å². The zero-order valence-electron chi connectivity index (χ0n) is 14.7. The highest BCUT2D eigenvalue weighted by atomic mass is 32.2. The molecule has 2 amide bonds. The van der Waals surface area contributed by atoms with Crippen LogP contribution in [-0.2, 0) is 14.3 Å². The maximum atomic E-state index is 12.3. The number of hydrogen-bond acceptors (Lipinski definition) is 7. The molecule has 0 aromatic heterocycles. The third kappa shape index (κ3) is 4.28. The highest BCUT2D eigenvalue weighted by molar-refractivity contribution is 8.15. The highest BCUT2D eigenvalue weighted by Gasteiger charge is 2.33. The average molecular weight is 379 g/mol. The van der Waals surface area contributed by atoms with E-state index in [9.17, 15) is 9.59 Å². The molecule has 8 nitrogen and oxygen atoms in total. The number of aliphatic imine (C=N–C) groups is 1. The smallest absolute Gasteiger partial charge is 0.262 e. The van der Waals surface area contributed by atoms with E-state index < -0.39 is 5.25 Å². The summed E-state index contributed by atoms with van der Waals surface area (Å²) in [5.41, 5.74) is 0.581. The van der Waals surface area contributed by atoms with E-state index in [0.717, 1.165) is 0 Å². The Morgan fingerprint density at radius 1 is 1.31 bits per heavy atom. The molecule has 1 aromatic rings. The summed E-state index contributed by atoms with van der Waals surface area (Å²) in [5, 5.41) is 2.98. The molecular weight excluding hydrogens is 358 g/mol. The molecule has 140 valence electrons. The van der Waals surface area contributed by atoms with Crippen molar-refractivity contribution in [2.24, 2.45) is 4.99 Å². The van der Waals surface area contributed by atoms with Crippen LogP contribution < -0.4 is 14.8 Å². The van der Waals surface area contributed by atoms with Crippen LogP contribution in [0.25, 0.3) is 0 Å².